The third kappa shape index (κ3) is 2.20. The van der Waals surface area contributed by atoms with Gasteiger partial charge in [-0.1, -0.05) is 20.8 Å². The van der Waals surface area contributed by atoms with E-state index in [1.54, 1.807) is 0 Å². The van der Waals surface area contributed by atoms with Crippen molar-refractivity contribution in [3.8, 4) is 0 Å². The quantitative estimate of drug-likeness (QED) is 0.862. The van der Waals surface area contributed by atoms with Crippen molar-refractivity contribution < 1.29 is 0 Å². The Labute approximate surface area is 103 Å². The highest BCUT2D eigenvalue weighted by atomic mass is 15.0. The maximum Gasteiger partial charge on any atom is 0.137 e. The minimum absolute atomic E-state index is 0.0599. The molecule has 2 aromatic heterocycles. The molecule has 0 spiro atoms. The van der Waals surface area contributed by atoms with Crippen molar-refractivity contribution in [3.63, 3.8) is 0 Å². The van der Waals surface area contributed by atoms with Crippen LogP contribution >= 0.6 is 0 Å². The third-order valence-corrected chi connectivity index (χ3v) is 2.97. The number of nitrogens with two attached hydrogens (primary N) is 1. The van der Waals surface area contributed by atoms with E-state index in [-0.39, 0.29) is 5.41 Å². The summed E-state index contributed by atoms with van der Waals surface area (Å²) >= 11 is 0. The first kappa shape index (κ1) is 12.1. The summed E-state index contributed by atoms with van der Waals surface area (Å²) in [6, 6.07) is 4.23. The highest BCUT2D eigenvalue weighted by Gasteiger charge is 2.23. The van der Waals surface area contributed by atoms with E-state index in [1.807, 2.05) is 0 Å². The Kier molecular flexibility index (Phi) is 2.96. The molecule has 0 amide bonds. The molecule has 0 bridgehead atoms. The van der Waals surface area contributed by atoms with Crippen LogP contribution in [0.15, 0.2) is 18.3 Å². The van der Waals surface area contributed by atoms with Gasteiger partial charge in [-0.15, -0.1) is 0 Å². The second-order valence-electron chi connectivity index (χ2n) is 5.63. The van der Waals surface area contributed by atoms with Crippen molar-refractivity contribution in [1.82, 2.24) is 9.38 Å². The van der Waals surface area contributed by atoms with Crippen molar-refractivity contribution in [2.24, 2.45) is 5.73 Å². The van der Waals surface area contributed by atoms with Crippen LogP contribution in [0.5, 0.6) is 0 Å². The van der Waals surface area contributed by atoms with Crippen molar-refractivity contribution in [2.75, 3.05) is 6.54 Å². The average molecular weight is 231 g/mol. The van der Waals surface area contributed by atoms with Gasteiger partial charge in [-0.2, -0.15) is 0 Å². The maximum atomic E-state index is 5.71. The summed E-state index contributed by atoms with van der Waals surface area (Å²) in [6.07, 6.45) is 2.97. The minimum atomic E-state index is 0.0599. The number of hydrogen-bond acceptors (Lipinski definition) is 2. The fraction of sp³-hybridized carbons (Fsp3) is 0.500. The van der Waals surface area contributed by atoms with Gasteiger partial charge in [0.2, 0.25) is 0 Å². The molecule has 2 N–H and O–H groups in total. The molecule has 0 unspecified atom stereocenters. The molecule has 3 heteroatoms. The Bertz CT molecular complexity index is 532. The Hall–Kier alpha value is -1.35. The van der Waals surface area contributed by atoms with Crippen molar-refractivity contribution in [3.05, 3.63) is 35.3 Å². The molecule has 0 aliphatic carbocycles. The van der Waals surface area contributed by atoms with E-state index in [0.717, 1.165) is 17.8 Å². The number of aromatic nitrogens is 2. The van der Waals surface area contributed by atoms with Gasteiger partial charge in [0, 0.05) is 23.7 Å². The summed E-state index contributed by atoms with van der Waals surface area (Å²) in [4.78, 5) is 4.77. The van der Waals surface area contributed by atoms with Crippen molar-refractivity contribution >= 4 is 5.65 Å². The molecule has 0 radical (unpaired) electrons. The van der Waals surface area contributed by atoms with E-state index >= 15 is 0 Å². The first-order valence-corrected chi connectivity index (χ1v) is 6.11. The van der Waals surface area contributed by atoms with E-state index in [4.69, 9.17) is 10.7 Å². The normalized spacial score (nSPS) is 12.3. The molecule has 2 heterocycles. The van der Waals surface area contributed by atoms with Crippen LogP contribution in [0, 0.1) is 6.92 Å². The van der Waals surface area contributed by atoms with Gasteiger partial charge >= 0.3 is 0 Å². The molecule has 3 nitrogen and oxygen atoms in total. The first-order chi connectivity index (χ1) is 7.93. The second kappa shape index (κ2) is 4.15. The summed E-state index contributed by atoms with van der Waals surface area (Å²) in [5.41, 5.74) is 10.4. The Balaban J connectivity index is 2.70. The van der Waals surface area contributed by atoms with Gasteiger partial charge in [-0.3, -0.25) is 0 Å². The van der Waals surface area contributed by atoms with Crippen molar-refractivity contribution in [2.45, 2.75) is 39.5 Å². The second-order valence-corrected chi connectivity index (χ2v) is 5.63. The number of imidazole rings is 1. The molecule has 0 atom stereocenters. The number of fused-ring (bicyclic) bond motifs is 1. The van der Waals surface area contributed by atoms with E-state index in [1.165, 1.54) is 11.3 Å². The molecule has 17 heavy (non-hydrogen) atoms. The Morgan fingerprint density at radius 3 is 2.65 bits per heavy atom. The summed E-state index contributed by atoms with van der Waals surface area (Å²) < 4.78 is 2.17. The zero-order valence-electron chi connectivity index (χ0n) is 11.1. The average Bonchev–Trinajstić information content (AvgIpc) is 2.56. The van der Waals surface area contributed by atoms with E-state index in [0.29, 0.717) is 6.54 Å². The van der Waals surface area contributed by atoms with Crippen LogP contribution < -0.4 is 5.73 Å². The van der Waals surface area contributed by atoms with Crippen LogP contribution in [-0.4, -0.2) is 15.9 Å². The minimum Gasteiger partial charge on any atom is -0.330 e. The zero-order valence-corrected chi connectivity index (χ0v) is 11.1. The molecule has 92 valence electrons. The van der Waals surface area contributed by atoms with Crippen LogP contribution in [0.4, 0.5) is 0 Å². The van der Waals surface area contributed by atoms with Gasteiger partial charge in [-0.05, 0) is 31.2 Å². The lowest BCUT2D eigenvalue weighted by molar-refractivity contribution is 0.563. The Morgan fingerprint density at radius 2 is 2.06 bits per heavy atom. The predicted octanol–water partition coefficient (Wildman–Crippen LogP) is 2.44. The van der Waals surface area contributed by atoms with Gasteiger partial charge in [0.1, 0.15) is 5.65 Å². The lowest BCUT2D eigenvalue weighted by Crippen LogP contribution is -2.17. The van der Waals surface area contributed by atoms with Crippen LogP contribution in [0.3, 0.4) is 0 Å². The molecular formula is C14H21N3. The van der Waals surface area contributed by atoms with Gasteiger partial charge in [0.05, 0.1) is 5.69 Å². The van der Waals surface area contributed by atoms with Crippen LogP contribution in [-0.2, 0) is 11.8 Å². The monoisotopic (exact) mass is 231 g/mol. The smallest absolute Gasteiger partial charge is 0.137 e. The molecular weight excluding hydrogens is 210 g/mol. The van der Waals surface area contributed by atoms with Gasteiger partial charge in [0.15, 0.2) is 0 Å². The molecule has 0 saturated heterocycles. The topological polar surface area (TPSA) is 43.3 Å². The fourth-order valence-electron chi connectivity index (χ4n) is 2.17. The summed E-state index contributed by atoms with van der Waals surface area (Å²) in [5, 5.41) is 0. The summed E-state index contributed by atoms with van der Waals surface area (Å²) in [7, 11) is 0. The van der Waals surface area contributed by atoms with Gasteiger partial charge in [0.25, 0.3) is 0 Å². The SMILES string of the molecule is Cc1ccn2c(CCN)c(C(C)(C)C)nc2c1. The lowest BCUT2D eigenvalue weighted by Gasteiger charge is -2.17. The number of pyridine rings is 1. The fourth-order valence-corrected chi connectivity index (χ4v) is 2.17. The van der Waals surface area contributed by atoms with E-state index in [2.05, 4.69) is 50.4 Å². The molecule has 2 aromatic rings. The van der Waals surface area contributed by atoms with Crippen LogP contribution in [0.25, 0.3) is 5.65 Å². The molecule has 0 aliphatic heterocycles. The molecule has 2 rings (SSSR count). The van der Waals surface area contributed by atoms with Crippen LogP contribution in [0.1, 0.15) is 37.7 Å². The highest BCUT2D eigenvalue weighted by Crippen LogP contribution is 2.26. The zero-order chi connectivity index (χ0) is 12.6. The van der Waals surface area contributed by atoms with E-state index < -0.39 is 0 Å². The molecule has 0 saturated carbocycles. The maximum absolute atomic E-state index is 5.71. The molecule has 0 aromatic carbocycles. The van der Waals surface area contributed by atoms with Crippen LogP contribution in [0.2, 0.25) is 0 Å². The van der Waals surface area contributed by atoms with Crippen molar-refractivity contribution in [1.29, 1.82) is 0 Å². The number of hydrogen-bond donors (Lipinski definition) is 1. The number of aryl methyl sites for hydroxylation is 1. The highest BCUT2D eigenvalue weighted by molar-refractivity contribution is 5.47. The number of nitrogens with zero attached hydrogens (tertiary/aromatic N) is 2. The Morgan fingerprint density at radius 1 is 1.35 bits per heavy atom. The standard InChI is InChI=1S/C14H21N3/c1-10-6-8-17-11(5-7-15)13(14(2,3)4)16-12(17)9-10/h6,8-9H,5,7,15H2,1-4H3. The summed E-state index contributed by atoms with van der Waals surface area (Å²) in [6.45, 7) is 9.34. The first-order valence-electron chi connectivity index (χ1n) is 6.11. The predicted molar refractivity (Wildman–Crippen MR) is 71.4 cm³/mol. The van der Waals surface area contributed by atoms with Gasteiger partial charge < -0.3 is 10.1 Å². The summed E-state index contributed by atoms with van der Waals surface area (Å²) in [5.74, 6) is 0. The molecule has 0 aliphatic rings. The van der Waals surface area contributed by atoms with E-state index in [9.17, 15) is 0 Å². The van der Waals surface area contributed by atoms with Gasteiger partial charge in [-0.25, -0.2) is 4.98 Å². The third-order valence-electron chi connectivity index (χ3n) is 2.97. The molecule has 0 fully saturated rings. The lowest BCUT2D eigenvalue weighted by atomic mass is 9.90. The number of rotatable bonds is 2. The largest absolute Gasteiger partial charge is 0.330 e.